The predicted octanol–water partition coefficient (Wildman–Crippen LogP) is 1.18. The van der Waals surface area contributed by atoms with Crippen molar-refractivity contribution in [2.75, 3.05) is 13.1 Å². The Labute approximate surface area is 96.1 Å². The molecule has 1 aliphatic heterocycles. The van der Waals surface area contributed by atoms with Crippen molar-refractivity contribution in [3.63, 3.8) is 0 Å². The molecule has 1 saturated carbocycles. The Morgan fingerprint density at radius 1 is 1.31 bits per heavy atom. The number of aliphatic hydroxyl groups is 1. The third-order valence-electron chi connectivity index (χ3n) is 4.30. The van der Waals surface area contributed by atoms with Crippen LogP contribution in [0.2, 0.25) is 0 Å². The highest BCUT2D eigenvalue weighted by Gasteiger charge is 2.41. The first-order valence-corrected chi connectivity index (χ1v) is 6.39. The number of β-amino-alcohol motifs (C(OH)–C–C–N with tert-alkyl or cyclic N) is 1. The summed E-state index contributed by atoms with van der Waals surface area (Å²) in [6.45, 7) is 1.39. The zero-order chi connectivity index (χ0) is 11.1. The minimum atomic E-state index is -0.299. The minimum absolute atomic E-state index is 0.209. The average Bonchev–Trinajstić information content (AvgIpc) is 2.89. The number of allylic oxidation sites excluding steroid dienone is 2. The first kappa shape index (κ1) is 10.3. The van der Waals surface area contributed by atoms with Crippen molar-refractivity contribution in [3.05, 3.63) is 12.2 Å². The van der Waals surface area contributed by atoms with Crippen LogP contribution in [0.3, 0.4) is 0 Å². The summed E-state index contributed by atoms with van der Waals surface area (Å²) in [5.41, 5.74) is 0. The third kappa shape index (κ3) is 1.67. The first-order chi connectivity index (χ1) is 7.74. The highest BCUT2D eigenvalue weighted by Crippen LogP contribution is 2.44. The Morgan fingerprint density at radius 2 is 2.19 bits per heavy atom. The second-order valence-corrected chi connectivity index (χ2v) is 5.47. The number of aliphatic hydroxyl groups excluding tert-OH is 1. The third-order valence-corrected chi connectivity index (χ3v) is 4.30. The lowest BCUT2D eigenvalue weighted by atomic mass is 9.91. The summed E-state index contributed by atoms with van der Waals surface area (Å²) in [5, 5.41) is 9.60. The molecule has 3 nitrogen and oxygen atoms in total. The molecule has 0 radical (unpaired) electrons. The Kier molecular flexibility index (Phi) is 2.51. The lowest BCUT2D eigenvalue weighted by molar-refractivity contribution is -0.139. The molecule has 3 unspecified atom stereocenters. The standard InChI is InChI=1S/C13H19NO2/c15-11-2-1-5-14(8-11)13(16)12-7-9-3-4-10(12)6-9/h3-4,9-12,15H,1-2,5-8H2/t9?,10?,11-,12?/m0/s1. The second-order valence-electron chi connectivity index (χ2n) is 5.47. The molecule has 3 aliphatic rings. The van der Waals surface area contributed by atoms with Gasteiger partial charge in [-0.05, 0) is 37.5 Å². The van der Waals surface area contributed by atoms with E-state index in [9.17, 15) is 9.90 Å². The van der Waals surface area contributed by atoms with E-state index in [4.69, 9.17) is 0 Å². The summed E-state index contributed by atoms with van der Waals surface area (Å²) in [7, 11) is 0. The molecular formula is C13H19NO2. The van der Waals surface area contributed by atoms with Gasteiger partial charge in [-0.15, -0.1) is 0 Å². The molecule has 1 saturated heterocycles. The molecule has 1 heterocycles. The zero-order valence-electron chi connectivity index (χ0n) is 9.51. The van der Waals surface area contributed by atoms with Crippen molar-refractivity contribution in [2.24, 2.45) is 17.8 Å². The van der Waals surface area contributed by atoms with Crippen LogP contribution in [0.1, 0.15) is 25.7 Å². The lowest BCUT2D eigenvalue weighted by Crippen LogP contribution is -2.45. The number of piperidine rings is 1. The fourth-order valence-electron chi connectivity index (χ4n) is 3.45. The highest BCUT2D eigenvalue weighted by atomic mass is 16.3. The maximum Gasteiger partial charge on any atom is 0.226 e. The van der Waals surface area contributed by atoms with Gasteiger partial charge in [0.15, 0.2) is 0 Å². The molecule has 3 rings (SSSR count). The average molecular weight is 221 g/mol. The predicted molar refractivity (Wildman–Crippen MR) is 60.7 cm³/mol. The van der Waals surface area contributed by atoms with Crippen LogP contribution in [0.15, 0.2) is 12.2 Å². The Bertz CT molecular complexity index is 326. The normalized spacial score (nSPS) is 41.7. The smallest absolute Gasteiger partial charge is 0.226 e. The molecule has 16 heavy (non-hydrogen) atoms. The van der Waals surface area contributed by atoms with Crippen LogP contribution in [0.4, 0.5) is 0 Å². The molecule has 1 amide bonds. The van der Waals surface area contributed by atoms with Crippen molar-refractivity contribution in [2.45, 2.75) is 31.8 Å². The highest BCUT2D eigenvalue weighted by molar-refractivity contribution is 5.80. The number of carbonyl (C=O) groups excluding carboxylic acids is 1. The quantitative estimate of drug-likeness (QED) is 0.675. The van der Waals surface area contributed by atoms with Crippen molar-refractivity contribution in [3.8, 4) is 0 Å². The molecule has 4 atom stereocenters. The number of nitrogens with zero attached hydrogens (tertiary/aromatic N) is 1. The fourth-order valence-corrected chi connectivity index (χ4v) is 3.45. The van der Waals surface area contributed by atoms with Crippen molar-refractivity contribution >= 4 is 5.91 Å². The summed E-state index contributed by atoms with van der Waals surface area (Å²) in [4.78, 5) is 14.2. The van der Waals surface area contributed by atoms with Crippen LogP contribution in [0.25, 0.3) is 0 Å². The molecular weight excluding hydrogens is 202 g/mol. The minimum Gasteiger partial charge on any atom is -0.391 e. The van der Waals surface area contributed by atoms with Gasteiger partial charge in [0.2, 0.25) is 5.91 Å². The number of amides is 1. The molecule has 0 aromatic rings. The summed E-state index contributed by atoms with van der Waals surface area (Å²) < 4.78 is 0. The number of rotatable bonds is 1. The Hall–Kier alpha value is -0.830. The molecule has 0 aromatic heterocycles. The van der Waals surface area contributed by atoms with E-state index < -0.39 is 0 Å². The topological polar surface area (TPSA) is 40.5 Å². The number of fused-ring (bicyclic) bond motifs is 2. The molecule has 2 aliphatic carbocycles. The van der Waals surface area contributed by atoms with Crippen molar-refractivity contribution < 1.29 is 9.90 Å². The largest absolute Gasteiger partial charge is 0.391 e. The van der Waals surface area contributed by atoms with E-state index in [1.165, 1.54) is 6.42 Å². The van der Waals surface area contributed by atoms with Crippen LogP contribution < -0.4 is 0 Å². The van der Waals surface area contributed by atoms with Crippen LogP contribution in [-0.4, -0.2) is 35.1 Å². The number of carbonyl (C=O) groups is 1. The first-order valence-electron chi connectivity index (χ1n) is 6.39. The zero-order valence-corrected chi connectivity index (χ0v) is 9.51. The lowest BCUT2D eigenvalue weighted by Gasteiger charge is -2.33. The fraction of sp³-hybridized carbons (Fsp3) is 0.769. The van der Waals surface area contributed by atoms with Crippen LogP contribution >= 0.6 is 0 Å². The maximum atomic E-state index is 12.3. The van der Waals surface area contributed by atoms with E-state index in [-0.39, 0.29) is 17.9 Å². The molecule has 3 heteroatoms. The van der Waals surface area contributed by atoms with E-state index in [1.54, 1.807) is 0 Å². The van der Waals surface area contributed by atoms with Gasteiger partial charge in [0, 0.05) is 19.0 Å². The number of likely N-dealkylation sites (tertiary alicyclic amines) is 1. The van der Waals surface area contributed by atoms with Gasteiger partial charge in [0.05, 0.1) is 6.10 Å². The second kappa shape index (κ2) is 3.88. The molecule has 2 fully saturated rings. The monoisotopic (exact) mass is 221 g/mol. The van der Waals surface area contributed by atoms with E-state index in [1.807, 2.05) is 4.90 Å². The van der Waals surface area contributed by atoms with Gasteiger partial charge >= 0.3 is 0 Å². The molecule has 0 aromatic carbocycles. The summed E-state index contributed by atoms with van der Waals surface area (Å²) in [6.07, 6.45) is 8.19. The van der Waals surface area contributed by atoms with Crippen molar-refractivity contribution in [1.82, 2.24) is 4.90 Å². The number of hydrogen-bond acceptors (Lipinski definition) is 2. The van der Waals surface area contributed by atoms with E-state index in [0.29, 0.717) is 18.4 Å². The van der Waals surface area contributed by atoms with Crippen LogP contribution in [0, 0.1) is 17.8 Å². The van der Waals surface area contributed by atoms with E-state index in [2.05, 4.69) is 12.2 Å². The Balaban J connectivity index is 1.66. The van der Waals surface area contributed by atoms with Gasteiger partial charge in [-0.25, -0.2) is 0 Å². The van der Waals surface area contributed by atoms with Gasteiger partial charge in [0.25, 0.3) is 0 Å². The van der Waals surface area contributed by atoms with Gasteiger partial charge in [-0.3, -0.25) is 4.79 Å². The summed E-state index contributed by atoms with van der Waals surface area (Å²) in [6, 6.07) is 0. The van der Waals surface area contributed by atoms with Crippen molar-refractivity contribution in [1.29, 1.82) is 0 Å². The SMILES string of the molecule is O=C(C1CC2C=CC1C2)N1CCC[C@H](O)C1. The van der Waals surface area contributed by atoms with Gasteiger partial charge < -0.3 is 10.0 Å². The van der Waals surface area contributed by atoms with Gasteiger partial charge in [-0.2, -0.15) is 0 Å². The maximum absolute atomic E-state index is 12.3. The molecule has 1 N–H and O–H groups in total. The Morgan fingerprint density at radius 3 is 2.81 bits per heavy atom. The van der Waals surface area contributed by atoms with E-state index >= 15 is 0 Å². The van der Waals surface area contributed by atoms with Crippen LogP contribution in [0.5, 0.6) is 0 Å². The molecule has 88 valence electrons. The van der Waals surface area contributed by atoms with Crippen LogP contribution in [-0.2, 0) is 4.79 Å². The summed E-state index contributed by atoms with van der Waals surface area (Å²) >= 11 is 0. The molecule has 2 bridgehead atoms. The summed E-state index contributed by atoms with van der Waals surface area (Å²) in [5.74, 6) is 1.63. The van der Waals surface area contributed by atoms with Gasteiger partial charge in [0.1, 0.15) is 0 Å². The van der Waals surface area contributed by atoms with E-state index in [0.717, 1.165) is 25.8 Å². The molecule has 0 spiro atoms. The number of hydrogen-bond donors (Lipinski definition) is 1. The van der Waals surface area contributed by atoms with Gasteiger partial charge in [-0.1, -0.05) is 12.2 Å².